The van der Waals surface area contributed by atoms with E-state index in [-0.39, 0.29) is 5.91 Å². The van der Waals surface area contributed by atoms with Gasteiger partial charge in [0.2, 0.25) is 5.91 Å². The minimum absolute atomic E-state index is 0.0275. The first-order valence-electron chi connectivity index (χ1n) is 10.2. The van der Waals surface area contributed by atoms with Crippen LogP contribution in [0.15, 0.2) is 5.11 Å². The van der Waals surface area contributed by atoms with Crippen molar-refractivity contribution >= 4 is 5.91 Å². The van der Waals surface area contributed by atoms with Crippen LogP contribution in [0, 0.1) is 0 Å². The van der Waals surface area contributed by atoms with Crippen LogP contribution in [0.1, 0.15) is 51.4 Å². The maximum atomic E-state index is 11.7. The van der Waals surface area contributed by atoms with Crippen molar-refractivity contribution in [1.29, 1.82) is 0 Å². The van der Waals surface area contributed by atoms with Gasteiger partial charge in [0.1, 0.15) is 24.4 Å². The molecule has 1 rings (SSSR count). The highest BCUT2D eigenvalue weighted by molar-refractivity contribution is 5.75. The number of carbonyl (C=O) groups excluding carboxylic acids is 1. The first-order valence-corrected chi connectivity index (χ1v) is 10.2. The van der Waals surface area contributed by atoms with Crippen molar-refractivity contribution in [2.24, 2.45) is 5.11 Å². The Morgan fingerprint density at radius 1 is 1.03 bits per heavy atom. The quantitative estimate of drug-likeness (QED) is 0.110. The number of aliphatic hydroxyl groups excluding tert-OH is 4. The monoisotopic (exact) mass is 418 g/mol. The molecule has 1 saturated heterocycles. The Labute approximate surface area is 170 Å². The number of carbonyl (C=O) groups is 1. The van der Waals surface area contributed by atoms with Gasteiger partial charge in [-0.3, -0.25) is 4.79 Å². The molecular formula is C18H34N4O7. The topological polar surface area (TPSA) is 177 Å². The molecular weight excluding hydrogens is 384 g/mol. The molecule has 29 heavy (non-hydrogen) atoms. The molecule has 1 amide bonds. The summed E-state index contributed by atoms with van der Waals surface area (Å²) in [7, 11) is 0. The SMILES string of the molecule is [N-]=[N+]=NCCCCCC(=O)NCCCCCCO[C@H]1O[C@H](CO)[C@@H](O)C(O)C1O. The third kappa shape index (κ3) is 10.2. The van der Waals surface area contributed by atoms with Gasteiger partial charge in [0.25, 0.3) is 0 Å². The summed E-state index contributed by atoms with van der Waals surface area (Å²) < 4.78 is 10.7. The predicted molar refractivity (Wildman–Crippen MR) is 104 cm³/mol. The zero-order chi connectivity index (χ0) is 21.5. The van der Waals surface area contributed by atoms with E-state index < -0.39 is 37.3 Å². The summed E-state index contributed by atoms with van der Waals surface area (Å²) in [6.45, 7) is 0.917. The number of hydrogen-bond donors (Lipinski definition) is 5. The third-order valence-corrected chi connectivity index (χ3v) is 4.75. The van der Waals surface area contributed by atoms with Gasteiger partial charge in [-0.15, -0.1) is 0 Å². The Kier molecular flexibility index (Phi) is 13.6. The Bertz CT molecular complexity index is 503. The van der Waals surface area contributed by atoms with Gasteiger partial charge in [-0.1, -0.05) is 24.4 Å². The van der Waals surface area contributed by atoms with Crippen molar-refractivity contribution in [3.05, 3.63) is 10.4 Å². The third-order valence-electron chi connectivity index (χ3n) is 4.75. The summed E-state index contributed by atoms with van der Waals surface area (Å²) >= 11 is 0. The zero-order valence-electron chi connectivity index (χ0n) is 16.7. The van der Waals surface area contributed by atoms with Crippen LogP contribution in [0.3, 0.4) is 0 Å². The molecule has 0 aromatic carbocycles. The second-order valence-electron chi connectivity index (χ2n) is 7.10. The molecule has 0 bridgehead atoms. The van der Waals surface area contributed by atoms with Crippen molar-refractivity contribution in [2.75, 3.05) is 26.3 Å². The molecule has 1 aliphatic heterocycles. The van der Waals surface area contributed by atoms with Crippen LogP contribution in [0.2, 0.25) is 0 Å². The van der Waals surface area contributed by atoms with E-state index in [0.29, 0.717) is 32.5 Å². The number of nitrogens with zero attached hydrogens (tertiary/aromatic N) is 3. The van der Waals surface area contributed by atoms with Crippen LogP contribution in [0.4, 0.5) is 0 Å². The average molecular weight is 418 g/mol. The van der Waals surface area contributed by atoms with Gasteiger partial charge >= 0.3 is 0 Å². The predicted octanol–water partition coefficient (Wildman–Crippen LogP) is 0.350. The molecule has 0 radical (unpaired) electrons. The number of amides is 1. The van der Waals surface area contributed by atoms with Crippen molar-refractivity contribution in [1.82, 2.24) is 5.32 Å². The summed E-state index contributed by atoms with van der Waals surface area (Å²) in [4.78, 5) is 14.3. The Hall–Kier alpha value is -1.46. The van der Waals surface area contributed by atoms with E-state index in [1.807, 2.05) is 0 Å². The van der Waals surface area contributed by atoms with Crippen molar-refractivity contribution < 1.29 is 34.7 Å². The second-order valence-corrected chi connectivity index (χ2v) is 7.10. The molecule has 0 aromatic heterocycles. The van der Waals surface area contributed by atoms with E-state index in [2.05, 4.69) is 15.3 Å². The highest BCUT2D eigenvalue weighted by atomic mass is 16.7. The van der Waals surface area contributed by atoms with E-state index in [9.17, 15) is 20.1 Å². The largest absolute Gasteiger partial charge is 0.394 e. The minimum Gasteiger partial charge on any atom is -0.394 e. The number of unbranched alkanes of at least 4 members (excludes halogenated alkanes) is 5. The lowest BCUT2D eigenvalue weighted by molar-refractivity contribution is -0.301. The van der Waals surface area contributed by atoms with Gasteiger partial charge in [-0.25, -0.2) is 0 Å². The summed E-state index contributed by atoms with van der Waals surface area (Å²) in [5, 5.41) is 44.7. The molecule has 5 atom stereocenters. The Morgan fingerprint density at radius 2 is 1.76 bits per heavy atom. The van der Waals surface area contributed by atoms with Gasteiger partial charge in [-0.05, 0) is 31.2 Å². The van der Waals surface area contributed by atoms with Crippen LogP contribution in [-0.4, -0.2) is 83.3 Å². The van der Waals surface area contributed by atoms with E-state index in [1.54, 1.807) is 0 Å². The van der Waals surface area contributed by atoms with Crippen molar-refractivity contribution in [2.45, 2.75) is 82.1 Å². The van der Waals surface area contributed by atoms with Crippen LogP contribution >= 0.6 is 0 Å². The summed E-state index contributed by atoms with van der Waals surface area (Å²) in [5.41, 5.74) is 8.15. The first-order chi connectivity index (χ1) is 14.0. The van der Waals surface area contributed by atoms with E-state index >= 15 is 0 Å². The molecule has 5 N–H and O–H groups in total. The molecule has 0 aromatic rings. The van der Waals surface area contributed by atoms with Gasteiger partial charge in [0.05, 0.1) is 6.61 Å². The summed E-state index contributed by atoms with van der Waals surface area (Å²) in [5.74, 6) is 0.0275. The number of hydrogen-bond acceptors (Lipinski definition) is 8. The fourth-order valence-electron chi connectivity index (χ4n) is 2.99. The van der Waals surface area contributed by atoms with E-state index in [4.69, 9.17) is 20.1 Å². The standard InChI is InChI=1S/C18H34N4O7/c19-22-21-10-6-3-4-8-14(24)20-9-5-1-2-7-11-28-18-17(27)16(26)15(25)13(12-23)29-18/h13,15-18,23,25-27H,1-12H2,(H,20,24)/t13-,15-,16?,17?,18+/m1/s1. The lowest BCUT2D eigenvalue weighted by atomic mass is 9.99. The van der Waals surface area contributed by atoms with Crippen LogP contribution in [-0.2, 0) is 14.3 Å². The lowest BCUT2D eigenvalue weighted by Crippen LogP contribution is -2.59. The molecule has 1 aliphatic rings. The van der Waals surface area contributed by atoms with Gasteiger partial charge in [-0.2, -0.15) is 0 Å². The molecule has 11 heteroatoms. The number of aliphatic hydroxyl groups is 4. The highest BCUT2D eigenvalue weighted by Crippen LogP contribution is 2.22. The number of azide groups is 1. The van der Waals surface area contributed by atoms with Crippen molar-refractivity contribution in [3.63, 3.8) is 0 Å². The fourth-order valence-corrected chi connectivity index (χ4v) is 2.99. The smallest absolute Gasteiger partial charge is 0.219 e. The summed E-state index contributed by atoms with van der Waals surface area (Å²) in [6.07, 6.45) is 0.0120. The number of ether oxygens (including phenoxy) is 2. The fraction of sp³-hybridized carbons (Fsp3) is 0.944. The molecule has 11 nitrogen and oxygen atoms in total. The van der Waals surface area contributed by atoms with Crippen LogP contribution in [0.5, 0.6) is 0 Å². The molecule has 0 saturated carbocycles. The normalized spacial score (nSPS) is 26.7. The molecule has 168 valence electrons. The van der Waals surface area contributed by atoms with Crippen LogP contribution in [0.25, 0.3) is 10.4 Å². The molecule has 2 unspecified atom stereocenters. The molecule has 1 heterocycles. The second kappa shape index (κ2) is 15.4. The molecule has 1 fully saturated rings. The lowest BCUT2D eigenvalue weighted by Gasteiger charge is -2.39. The molecule has 0 aliphatic carbocycles. The Morgan fingerprint density at radius 3 is 2.48 bits per heavy atom. The van der Waals surface area contributed by atoms with Crippen molar-refractivity contribution in [3.8, 4) is 0 Å². The van der Waals surface area contributed by atoms with Gasteiger partial charge in [0, 0.05) is 31.0 Å². The van der Waals surface area contributed by atoms with Crippen LogP contribution < -0.4 is 5.32 Å². The summed E-state index contributed by atoms with van der Waals surface area (Å²) in [6, 6.07) is 0. The molecule has 0 spiro atoms. The highest BCUT2D eigenvalue weighted by Gasteiger charge is 2.43. The average Bonchev–Trinajstić information content (AvgIpc) is 2.72. The number of nitrogens with one attached hydrogen (secondary N) is 1. The maximum absolute atomic E-state index is 11.7. The maximum Gasteiger partial charge on any atom is 0.219 e. The van der Waals surface area contributed by atoms with E-state index in [0.717, 1.165) is 38.5 Å². The van der Waals surface area contributed by atoms with Gasteiger partial charge in [0.15, 0.2) is 6.29 Å². The zero-order valence-corrected chi connectivity index (χ0v) is 16.7. The van der Waals surface area contributed by atoms with E-state index in [1.165, 1.54) is 0 Å². The Balaban J connectivity index is 1.99. The minimum atomic E-state index is -1.43. The van der Waals surface area contributed by atoms with Gasteiger partial charge < -0.3 is 35.2 Å². The first kappa shape index (κ1) is 25.6. The number of rotatable bonds is 15.